The van der Waals surface area contributed by atoms with E-state index in [1.807, 2.05) is 0 Å². The Morgan fingerprint density at radius 2 is 0.847 bits per heavy atom. The van der Waals surface area contributed by atoms with Gasteiger partial charge < -0.3 is 40.1 Å². The van der Waals surface area contributed by atoms with Crippen molar-refractivity contribution in [1.29, 1.82) is 0 Å². The van der Waals surface area contributed by atoms with Crippen molar-refractivity contribution in [2.45, 2.75) is 9.79 Å². The number of phenolic OH excluding ortho intramolecular Hbond substituents is 2. The number of azo groups is 2. The molecule has 0 saturated heterocycles. The van der Waals surface area contributed by atoms with Gasteiger partial charge in [-0.3, -0.25) is 9.11 Å². The molecule has 0 atom stereocenters. The molecule has 354 valence electrons. The van der Waals surface area contributed by atoms with Crippen LogP contribution in [0.25, 0.3) is 32.7 Å². The maximum Gasteiger partial charge on any atom is 1.00 e. The molecule has 0 spiro atoms. The van der Waals surface area contributed by atoms with E-state index in [2.05, 4.69) is 30.4 Å². The summed E-state index contributed by atoms with van der Waals surface area (Å²) in [4.78, 5) is 7.38. The predicted octanol–water partition coefficient (Wildman–Crippen LogP) is 3.84. The molecule has 0 amide bonds. The number of fused-ring (bicyclic) bond motifs is 2. The Morgan fingerprint density at radius 1 is 0.486 bits per heavy atom. The van der Waals surface area contributed by atoms with Gasteiger partial charge in [-0.05, 0) is 71.8 Å². The van der Waals surface area contributed by atoms with E-state index in [4.69, 9.17) is 9.47 Å². The Kier molecular flexibility index (Phi) is 16.8. The second kappa shape index (κ2) is 22.2. The number of hydrogen-bond acceptors (Lipinski definition) is 16. The zero-order valence-corrected chi connectivity index (χ0v) is 43.8. The van der Waals surface area contributed by atoms with Crippen molar-refractivity contribution in [1.82, 2.24) is 0 Å². The Morgan fingerprint density at radius 3 is 1.18 bits per heavy atom. The molecule has 0 fully saturated rings. The van der Waals surface area contributed by atoms with Gasteiger partial charge in [0, 0.05) is 44.8 Å². The van der Waals surface area contributed by atoms with Crippen LogP contribution in [0.2, 0.25) is 0 Å². The molecule has 24 heteroatoms. The van der Waals surface area contributed by atoms with Crippen LogP contribution in [0.3, 0.4) is 0 Å². The molecule has 0 aliphatic carbocycles. The van der Waals surface area contributed by atoms with Gasteiger partial charge in [-0.1, -0.05) is 72.2 Å². The Hall–Kier alpha value is -6.96. The molecule has 8 aromatic rings. The average Bonchev–Trinajstić information content (AvgIpc) is 3.32. The predicted molar refractivity (Wildman–Crippen MR) is 254 cm³/mol. The number of aliphatic hydroxyl groups excluding tert-OH is 2. The molecule has 0 radical (unpaired) electrons. The van der Waals surface area contributed by atoms with Crippen molar-refractivity contribution in [3.05, 3.63) is 145 Å². The molecule has 0 aliphatic rings. The summed E-state index contributed by atoms with van der Waals surface area (Å²) in [6, 6.07) is 30.7. The summed E-state index contributed by atoms with van der Waals surface area (Å²) in [5, 5.41) is 85.8. The molecular weight excluding hydrogens is 995 g/mol. The minimum absolute atomic E-state index is 0. The average molecular weight is 1030 g/mol. The fraction of sp³-hybridized carbons (Fsp3) is 0.0417. The van der Waals surface area contributed by atoms with Gasteiger partial charge >= 0.3 is 59.1 Å². The van der Waals surface area contributed by atoms with E-state index in [0.29, 0.717) is 11.1 Å². The molecule has 8 aromatic carbocycles. The van der Waals surface area contributed by atoms with Crippen molar-refractivity contribution in [3.63, 3.8) is 0 Å². The third-order valence-corrected chi connectivity index (χ3v) is 12.3. The number of phenols is 2. The summed E-state index contributed by atoms with van der Waals surface area (Å²) in [6.07, 6.45) is 0. The standard InChI is InChI=1S/C48H36N6O14S2.2Na/c1-67-41-19-25(11-17-35(41)49-47(59)33-15-13-27(21-37(33)55)51-53-45-31-9-5-3-7-29(31)43(23-39(45)57)69(61,62)63)26-12-18-36(42(20-26)68-2)50-48(60)34-16-14-28(22-38(34)56)52-54-46-32-10-6-4-8-30(32)44(24-40(46)58)70(64,65)66;;/h3-24,55-58H,1-2H3,(H,49,59)(H,50,60)(H,61,62,63)(H,64,65,66);;/q;2*+1/p-2. The smallest absolute Gasteiger partial charge is 0.872 e. The molecule has 0 unspecified atom stereocenters. The number of benzene rings is 8. The molecular formula is C48H34N6Na2O14S2. The van der Waals surface area contributed by atoms with Gasteiger partial charge in [0.2, 0.25) is 11.8 Å². The summed E-state index contributed by atoms with van der Waals surface area (Å²) in [7, 11) is -6.61. The number of rotatable bonds is 13. The van der Waals surface area contributed by atoms with Crippen LogP contribution in [-0.4, -0.2) is 72.4 Å². The topological polar surface area (TPSA) is 328 Å². The van der Waals surface area contributed by atoms with E-state index in [0.717, 1.165) is 24.3 Å². The molecule has 20 nitrogen and oxygen atoms in total. The molecule has 0 aromatic heterocycles. The molecule has 0 saturated carbocycles. The number of aliphatic hydroxyl groups is 2. The van der Waals surface area contributed by atoms with E-state index in [-0.39, 0.29) is 137 Å². The van der Waals surface area contributed by atoms with Crippen molar-refractivity contribution in [2.75, 3.05) is 14.2 Å². The van der Waals surface area contributed by atoms with Gasteiger partial charge in [-0.15, -0.1) is 10.2 Å². The molecule has 8 rings (SSSR count). The first-order chi connectivity index (χ1) is 33.3. The summed E-state index contributed by atoms with van der Waals surface area (Å²) < 4.78 is 78.0. The number of hydrogen-bond donors (Lipinski definition) is 6. The van der Waals surface area contributed by atoms with E-state index >= 15 is 0 Å². The third-order valence-electron chi connectivity index (χ3n) is 10.6. The minimum atomic E-state index is -4.68. The SMILES string of the molecule is COc1cc(-c2ccc(N=C(O)c3ccc(N=Nc4c(O)cc(S(=O)(=O)O)c5ccccc45)cc3[O-])c(OC)c2)ccc1N=C(O)c1ccc(N=Nc2c(O)cc(S(=O)(=O)O)c3ccccc23)cc1[O-].[Na+].[Na+]. The molecule has 0 bridgehead atoms. The van der Waals surface area contributed by atoms with Crippen LogP contribution in [0.1, 0.15) is 11.1 Å². The summed E-state index contributed by atoms with van der Waals surface area (Å²) in [6.45, 7) is 0. The quantitative estimate of drug-likeness (QED) is 0.0314. The van der Waals surface area contributed by atoms with Crippen LogP contribution < -0.4 is 78.8 Å². The zero-order valence-electron chi connectivity index (χ0n) is 38.2. The number of nitrogens with zero attached hydrogens (tertiary/aromatic N) is 6. The summed E-state index contributed by atoms with van der Waals surface area (Å²) in [5.41, 5.74) is 0.958. The van der Waals surface area contributed by atoms with Crippen LogP contribution in [0.4, 0.5) is 34.1 Å². The number of aliphatic imine (C=N–C) groups is 2. The molecule has 6 N–H and O–H groups in total. The molecule has 0 aliphatic heterocycles. The number of ether oxygens (including phenoxy) is 2. The van der Waals surface area contributed by atoms with Crippen LogP contribution in [0, 0.1) is 0 Å². The summed E-state index contributed by atoms with van der Waals surface area (Å²) in [5.74, 6) is -3.41. The van der Waals surface area contributed by atoms with Crippen molar-refractivity contribution < 1.29 is 125 Å². The normalized spacial score (nSPS) is 12.3. The van der Waals surface area contributed by atoms with Crippen LogP contribution >= 0.6 is 0 Å². The zero-order chi connectivity index (χ0) is 50.1. The number of methoxy groups -OCH3 is 2. The fourth-order valence-corrected chi connectivity index (χ4v) is 8.67. The Balaban J connectivity index is 0.00000423. The van der Waals surface area contributed by atoms with Crippen LogP contribution in [-0.2, 0) is 20.2 Å². The van der Waals surface area contributed by atoms with Crippen molar-refractivity contribution >= 4 is 87.7 Å². The van der Waals surface area contributed by atoms with Crippen LogP contribution in [0.15, 0.2) is 174 Å². The first-order valence-electron chi connectivity index (χ1n) is 20.2. The van der Waals surface area contributed by atoms with Gasteiger partial charge in [0.05, 0.1) is 25.6 Å². The number of aromatic hydroxyl groups is 2. The van der Waals surface area contributed by atoms with Gasteiger partial charge in [-0.2, -0.15) is 27.1 Å². The van der Waals surface area contributed by atoms with E-state index in [9.17, 15) is 56.6 Å². The van der Waals surface area contributed by atoms with Crippen molar-refractivity contribution in [2.24, 2.45) is 30.4 Å². The van der Waals surface area contributed by atoms with E-state index in [1.165, 1.54) is 87.0 Å². The monoisotopic (exact) mass is 1030 g/mol. The largest absolute Gasteiger partial charge is 1.00 e. The minimum Gasteiger partial charge on any atom is -0.872 e. The van der Waals surface area contributed by atoms with Gasteiger partial charge in [0.15, 0.2) is 0 Å². The van der Waals surface area contributed by atoms with Crippen molar-refractivity contribution in [3.8, 4) is 45.6 Å². The van der Waals surface area contributed by atoms with Gasteiger partial charge in [0.25, 0.3) is 20.2 Å². The van der Waals surface area contributed by atoms with E-state index in [1.54, 1.807) is 36.4 Å². The fourth-order valence-electron chi connectivity index (χ4n) is 7.24. The van der Waals surface area contributed by atoms with E-state index < -0.39 is 64.8 Å². The van der Waals surface area contributed by atoms with Crippen LogP contribution in [0.5, 0.6) is 34.5 Å². The first kappa shape index (κ1) is 54.4. The molecule has 72 heavy (non-hydrogen) atoms. The maximum atomic E-state index is 13.1. The second-order valence-corrected chi connectivity index (χ2v) is 17.7. The molecule has 0 heterocycles. The first-order valence-corrected chi connectivity index (χ1v) is 23.0. The second-order valence-electron chi connectivity index (χ2n) is 14.9. The summed E-state index contributed by atoms with van der Waals surface area (Å²) >= 11 is 0. The maximum absolute atomic E-state index is 13.1. The Bertz CT molecular complexity index is 3550. The van der Waals surface area contributed by atoms with Gasteiger partial charge in [-0.25, -0.2) is 9.98 Å². The third kappa shape index (κ3) is 11.5. The van der Waals surface area contributed by atoms with Gasteiger partial charge in [0.1, 0.15) is 55.5 Å². The Labute approximate surface area is 453 Å².